The summed E-state index contributed by atoms with van der Waals surface area (Å²) in [5, 5.41) is 10.5. The molecule has 6 atom stereocenters. The fourth-order valence-corrected chi connectivity index (χ4v) is 11.3. The second-order valence-corrected chi connectivity index (χ2v) is 28.4. The van der Waals surface area contributed by atoms with E-state index in [9.17, 15) is 43.2 Å². The first-order chi connectivity index (χ1) is 40.6. The second kappa shape index (κ2) is 56.1. The molecule has 0 aliphatic carbocycles. The Bertz CT molecular complexity index is 1700. The minimum Gasteiger partial charge on any atom is -0.462 e. The molecule has 0 saturated carbocycles. The van der Waals surface area contributed by atoms with Crippen molar-refractivity contribution in [1.29, 1.82) is 0 Å². The number of esters is 4. The van der Waals surface area contributed by atoms with Gasteiger partial charge in [-0.1, -0.05) is 267 Å². The number of aliphatic hydroxyl groups is 1. The van der Waals surface area contributed by atoms with Gasteiger partial charge in [0.25, 0.3) is 0 Å². The van der Waals surface area contributed by atoms with E-state index in [1.54, 1.807) is 0 Å². The van der Waals surface area contributed by atoms with Crippen LogP contribution in [-0.4, -0.2) is 96.7 Å². The molecule has 85 heavy (non-hydrogen) atoms. The fourth-order valence-electron chi connectivity index (χ4n) is 9.75. The molecule has 0 spiro atoms. The average Bonchev–Trinajstić information content (AvgIpc) is 3.49. The van der Waals surface area contributed by atoms with Crippen molar-refractivity contribution < 1.29 is 80.2 Å². The molecule has 0 amide bonds. The molecule has 0 radical (unpaired) electrons. The maximum atomic E-state index is 13.0. The van der Waals surface area contributed by atoms with Gasteiger partial charge < -0.3 is 33.8 Å². The minimum atomic E-state index is -4.95. The lowest BCUT2D eigenvalue weighted by Crippen LogP contribution is -2.30. The highest BCUT2D eigenvalue weighted by Crippen LogP contribution is 2.45. The maximum Gasteiger partial charge on any atom is 0.472 e. The van der Waals surface area contributed by atoms with Crippen LogP contribution in [-0.2, 0) is 65.4 Å². The standard InChI is InChI=1S/C66H128O17P2/c1-9-59(8)45-37-29-20-15-17-21-30-38-46-63(68)76-52-61(83-66(71)49-41-33-23-16-14-19-27-35-43-57(4)5)54-80-84(72,73)78-50-60(67)51-79-85(74,75)81-55-62(53-77-64(69)47-39-31-25-24-28-36-44-58(6)7)82-65(70)48-40-32-22-13-11-10-12-18-26-34-42-56(2)3/h56-62,67H,9-55H2,1-8H3,(H,72,73)(H,74,75)/t59?,60-,61-,62-/m1/s1. The smallest absolute Gasteiger partial charge is 0.462 e. The van der Waals surface area contributed by atoms with Gasteiger partial charge in [0.05, 0.1) is 26.4 Å². The van der Waals surface area contributed by atoms with Gasteiger partial charge in [-0.25, -0.2) is 9.13 Å². The van der Waals surface area contributed by atoms with Crippen molar-refractivity contribution in [3.8, 4) is 0 Å². The van der Waals surface area contributed by atoms with E-state index < -0.39 is 97.5 Å². The number of hydrogen-bond donors (Lipinski definition) is 3. The van der Waals surface area contributed by atoms with E-state index in [2.05, 4.69) is 55.4 Å². The quantitative estimate of drug-likeness (QED) is 0.0222. The van der Waals surface area contributed by atoms with Crippen molar-refractivity contribution in [2.24, 2.45) is 23.7 Å². The number of phosphoric ester groups is 2. The summed E-state index contributed by atoms with van der Waals surface area (Å²) in [7, 11) is -9.89. The Morgan fingerprint density at radius 1 is 0.329 bits per heavy atom. The molecule has 0 aromatic rings. The fraction of sp³-hybridized carbons (Fsp3) is 0.939. The zero-order chi connectivity index (χ0) is 63.2. The molecule has 504 valence electrons. The summed E-state index contributed by atoms with van der Waals surface area (Å²) in [6, 6.07) is 0. The Morgan fingerprint density at radius 2 is 0.565 bits per heavy atom. The molecule has 3 N–H and O–H groups in total. The molecule has 0 fully saturated rings. The lowest BCUT2D eigenvalue weighted by Gasteiger charge is -2.21. The number of ether oxygens (including phenoxy) is 4. The van der Waals surface area contributed by atoms with Crippen molar-refractivity contribution in [3.63, 3.8) is 0 Å². The summed E-state index contributed by atoms with van der Waals surface area (Å²) in [4.78, 5) is 72.3. The number of aliphatic hydroxyl groups excluding tert-OH is 1. The van der Waals surface area contributed by atoms with Gasteiger partial charge in [-0.2, -0.15) is 0 Å². The molecule has 0 bridgehead atoms. The molecule has 0 aliphatic heterocycles. The van der Waals surface area contributed by atoms with Gasteiger partial charge in [-0.15, -0.1) is 0 Å². The number of phosphoric acid groups is 2. The van der Waals surface area contributed by atoms with Crippen LogP contribution >= 0.6 is 15.6 Å². The minimum absolute atomic E-state index is 0.103. The van der Waals surface area contributed by atoms with Crippen LogP contribution in [0.15, 0.2) is 0 Å². The van der Waals surface area contributed by atoms with Crippen LogP contribution in [0.4, 0.5) is 0 Å². The molecule has 0 aromatic heterocycles. The number of hydrogen-bond acceptors (Lipinski definition) is 15. The highest BCUT2D eigenvalue weighted by molar-refractivity contribution is 7.47. The van der Waals surface area contributed by atoms with Gasteiger partial charge in [-0.05, 0) is 49.4 Å². The van der Waals surface area contributed by atoms with Crippen LogP contribution in [0.3, 0.4) is 0 Å². The number of carbonyl (C=O) groups excluding carboxylic acids is 4. The molecule has 3 unspecified atom stereocenters. The van der Waals surface area contributed by atoms with E-state index in [-0.39, 0.29) is 25.7 Å². The summed E-state index contributed by atoms with van der Waals surface area (Å²) in [6.07, 6.45) is 36.3. The normalized spacial score (nSPS) is 14.7. The average molecular weight is 1260 g/mol. The third-order valence-electron chi connectivity index (χ3n) is 15.4. The second-order valence-electron chi connectivity index (χ2n) is 25.5. The Hall–Kier alpha value is -1.94. The molecule has 0 aliphatic rings. The summed E-state index contributed by atoms with van der Waals surface area (Å²) in [5.74, 6) is 0.789. The maximum absolute atomic E-state index is 13.0. The summed E-state index contributed by atoms with van der Waals surface area (Å²) in [6.45, 7) is 14.0. The summed E-state index contributed by atoms with van der Waals surface area (Å²) < 4.78 is 68.1. The lowest BCUT2D eigenvalue weighted by molar-refractivity contribution is -0.161. The van der Waals surface area contributed by atoms with Crippen LogP contribution in [0.2, 0.25) is 0 Å². The van der Waals surface area contributed by atoms with Crippen molar-refractivity contribution in [2.45, 2.75) is 337 Å². The number of rotatable bonds is 63. The zero-order valence-corrected chi connectivity index (χ0v) is 57.0. The van der Waals surface area contributed by atoms with Gasteiger partial charge in [0.15, 0.2) is 12.2 Å². The number of carbonyl (C=O) groups is 4. The van der Waals surface area contributed by atoms with E-state index in [4.69, 9.17) is 37.0 Å². The van der Waals surface area contributed by atoms with Gasteiger partial charge in [0.2, 0.25) is 0 Å². The van der Waals surface area contributed by atoms with Crippen LogP contribution in [0.25, 0.3) is 0 Å². The summed E-state index contributed by atoms with van der Waals surface area (Å²) in [5.41, 5.74) is 0. The third-order valence-corrected chi connectivity index (χ3v) is 17.3. The zero-order valence-electron chi connectivity index (χ0n) is 55.2. The first-order valence-corrected chi connectivity index (χ1v) is 37.2. The Balaban J connectivity index is 5.25. The van der Waals surface area contributed by atoms with E-state index in [0.29, 0.717) is 31.6 Å². The van der Waals surface area contributed by atoms with Crippen molar-refractivity contribution in [1.82, 2.24) is 0 Å². The number of unbranched alkanes of at least 4 members (excludes halogenated alkanes) is 28. The molecule has 19 heteroatoms. The van der Waals surface area contributed by atoms with Gasteiger partial charge in [-0.3, -0.25) is 37.3 Å². The predicted molar refractivity (Wildman–Crippen MR) is 340 cm³/mol. The van der Waals surface area contributed by atoms with E-state index in [1.807, 2.05) is 0 Å². The Kier molecular flexibility index (Phi) is 54.8. The Labute approximate surface area is 517 Å². The lowest BCUT2D eigenvalue weighted by atomic mass is 9.99. The van der Waals surface area contributed by atoms with Crippen LogP contribution in [0.5, 0.6) is 0 Å². The molecule has 0 aromatic carbocycles. The molecule has 17 nitrogen and oxygen atoms in total. The highest BCUT2D eigenvalue weighted by Gasteiger charge is 2.30. The molecule has 0 rings (SSSR count). The van der Waals surface area contributed by atoms with Crippen LogP contribution in [0.1, 0.15) is 319 Å². The predicted octanol–water partition coefficient (Wildman–Crippen LogP) is 18.1. The molecular weight excluding hydrogens is 1130 g/mol. The van der Waals surface area contributed by atoms with Gasteiger partial charge in [0.1, 0.15) is 19.3 Å². The Morgan fingerprint density at radius 3 is 0.835 bits per heavy atom. The van der Waals surface area contributed by atoms with Gasteiger partial charge >= 0.3 is 39.5 Å². The van der Waals surface area contributed by atoms with Crippen LogP contribution < -0.4 is 0 Å². The van der Waals surface area contributed by atoms with Crippen molar-refractivity contribution in [2.75, 3.05) is 39.6 Å². The topological polar surface area (TPSA) is 237 Å². The van der Waals surface area contributed by atoms with Gasteiger partial charge in [0, 0.05) is 25.7 Å². The molecular formula is C66H128O17P2. The SMILES string of the molecule is CCC(C)CCCCCCCCCCC(=O)OC[C@H](COP(=O)(O)OC[C@@H](O)COP(=O)(O)OC[C@@H](COC(=O)CCCCCCCCC(C)C)OC(=O)CCCCCCCCCCCCC(C)C)OC(=O)CCCCCCCCCCC(C)C. The van der Waals surface area contributed by atoms with E-state index >= 15 is 0 Å². The van der Waals surface area contributed by atoms with Crippen LogP contribution in [0, 0.1) is 23.7 Å². The molecule has 0 heterocycles. The highest BCUT2D eigenvalue weighted by atomic mass is 31.2. The summed E-state index contributed by atoms with van der Waals surface area (Å²) >= 11 is 0. The first kappa shape index (κ1) is 83.1. The largest absolute Gasteiger partial charge is 0.472 e. The molecule has 0 saturated heterocycles. The first-order valence-electron chi connectivity index (χ1n) is 34.2. The van der Waals surface area contributed by atoms with E-state index in [1.165, 1.54) is 116 Å². The third kappa shape index (κ3) is 59.5. The van der Waals surface area contributed by atoms with Crippen molar-refractivity contribution >= 4 is 39.5 Å². The van der Waals surface area contributed by atoms with Crippen molar-refractivity contribution in [3.05, 3.63) is 0 Å². The monoisotopic (exact) mass is 1250 g/mol. The van der Waals surface area contributed by atoms with E-state index in [0.717, 1.165) is 114 Å².